The van der Waals surface area contributed by atoms with Crippen LogP contribution in [0.3, 0.4) is 0 Å². The first-order valence-corrected chi connectivity index (χ1v) is 4.33. The second-order valence-electron chi connectivity index (χ2n) is 2.08. The number of hydrogen-bond donors (Lipinski definition) is 0. The topological polar surface area (TPSA) is 39.2 Å². The molecular formula is C7H4BrClFNO2. The number of hydrogen-bond acceptors (Lipinski definition) is 3. The van der Waals surface area contributed by atoms with Crippen LogP contribution in [0.1, 0.15) is 10.5 Å². The lowest BCUT2D eigenvalue weighted by molar-refractivity contribution is 0.0588. The summed E-state index contributed by atoms with van der Waals surface area (Å²) in [6, 6.07) is 1.06. The van der Waals surface area contributed by atoms with Crippen LogP contribution in [0.15, 0.2) is 10.5 Å². The summed E-state index contributed by atoms with van der Waals surface area (Å²) < 4.78 is 17.6. The predicted molar refractivity (Wildman–Crippen MR) is 48.2 cm³/mol. The highest BCUT2D eigenvalue weighted by atomic mass is 79.9. The first-order valence-electron chi connectivity index (χ1n) is 3.16. The van der Waals surface area contributed by atoms with E-state index in [4.69, 9.17) is 11.6 Å². The molecule has 0 N–H and O–H groups in total. The Hall–Kier alpha value is -0.680. The van der Waals surface area contributed by atoms with Gasteiger partial charge in [-0.1, -0.05) is 11.6 Å². The van der Waals surface area contributed by atoms with Gasteiger partial charge in [0.25, 0.3) is 0 Å². The van der Waals surface area contributed by atoms with E-state index in [9.17, 15) is 9.18 Å². The Morgan fingerprint density at radius 1 is 1.77 bits per heavy atom. The second-order valence-corrected chi connectivity index (χ2v) is 3.30. The Morgan fingerprint density at radius 2 is 2.38 bits per heavy atom. The molecule has 70 valence electrons. The molecule has 1 heterocycles. The summed E-state index contributed by atoms with van der Waals surface area (Å²) in [6.45, 7) is 0. The van der Waals surface area contributed by atoms with E-state index in [1.165, 1.54) is 0 Å². The van der Waals surface area contributed by atoms with E-state index in [1.54, 1.807) is 0 Å². The van der Waals surface area contributed by atoms with Gasteiger partial charge in [0.15, 0.2) is 11.5 Å². The van der Waals surface area contributed by atoms with Gasteiger partial charge in [0, 0.05) is 0 Å². The van der Waals surface area contributed by atoms with Gasteiger partial charge >= 0.3 is 5.97 Å². The van der Waals surface area contributed by atoms with Crippen LogP contribution in [-0.4, -0.2) is 18.1 Å². The zero-order valence-corrected chi connectivity index (χ0v) is 8.82. The Balaban J connectivity index is 3.23. The average Bonchev–Trinajstić information content (AvgIpc) is 2.10. The lowest BCUT2D eigenvalue weighted by atomic mass is 10.3. The molecule has 0 fully saturated rings. The van der Waals surface area contributed by atoms with E-state index in [0.29, 0.717) is 4.47 Å². The molecule has 0 aliphatic heterocycles. The summed E-state index contributed by atoms with van der Waals surface area (Å²) in [5, 5.41) is 0.0156. The lowest BCUT2D eigenvalue weighted by Gasteiger charge is -2.01. The highest BCUT2D eigenvalue weighted by Gasteiger charge is 2.16. The van der Waals surface area contributed by atoms with Crippen LogP contribution in [0.25, 0.3) is 0 Å². The lowest BCUT2D eigenvalue weighted by Crippen LogP contribution is -2.07. The van der Waals surface area contributed by atoms with Crippen LogP contribution in [0.5, 0.6) is 0 Å². The molecular weight excluding hydrogens is 264 g/mol. The fourth-order valence-corrected chi connectivity index (χ4v) is 1.11. The second kappa shape index (κ2) is 4.02. The number of aromatic nitrogens is 1. The van der Waals surface area contributed by atoms with E-state index in [1.807, 2.05) is 0 Å². The van der Waals surface area contributed by atoms with Crippen LogP contribution in [0, 0.1) is 5.82 Å². The normalized spacial score (nSPS) is 9.85. The van der Waals surface area contributed by atoms with E-state index in [0.717, 1.165) is 13.2 Å². The first-order chi connectivity index (χ1) is 6.06. The molecule has 0 unspecified atom stereocenters. The maximum absolute atomic E-state index is 13.0. The van der Waals surface area contributed by atoms with Crippen molar-refractivity contribution in [3.05, 3.63) is 27.2 Å². The Bertz CT molecular complexity index is 359. The third-order valence-electron chi connectivity index (χ3n) is 1.27. The number of carbonyl (C=O) groups is 1. The Labute approximate surface area is 87.0 Å². The van der Waals surface area contributed by atoms with Crippen molar-refractivity contribution in [1.29, 1.82) is 0 Å². The van der Waals surface area contributed by atoms with Gasteiger partial charge in [-0.3, -0.25) is 0 Å². The fraction of sp³-hybridized carbons (Fsp3) is 0.143. The van der Waals surface area contributed by atoms with Crippen LogP contribution in [0.2, 0.25) is 5.15 Å². The molecule has 0 atom stereocenters. The predicted octanol–water partition coefficient (Wildman–Crippen LogP) is 2.42. The molecule has 0 radical (unpaired) electrons. The summed E-state index contributed by atoms with van der Waals surface area (Å²) in [5.41, 5.74) is -0.421. The molecule has 0 saturated heterocycles. The van der Waals surface area contributed by atoms with Gasteiger partial charge in [0.05, 0.1) is 11.6 Å². The van der Waals surface area contributed by atoms with Crippen molar-refractivity contribution in [1.82, 2.24) is 4.98 Å². The molecule has 1 rings (SSSR count). The number of rotatable bonds is 1. The number of pyridine rings is 1. The number of ether oxygens (including phenoxy) is 1. The average molecular weight is 268 g/mol. The van der Waals surface area contributed by atoms with Gasteiger partial charge in [-0.25, -0.2) is 14.2 Å². The van der Waals surface area contributed by atoms with E-state index >= 15 is 0 Å². The number of methoxy groups -OCH3 is 1. The molecule has 0 saturated carbocycles. The van der Waals surface area contributed by atoms with Crippen LogP contribution < -0.4 is 0 Å². The summed E-state index contributed by atoms with van der Waals surface area (Å²) in [4.78, 5) is 14.4. The van der Waals surface area contributed by atoms with E-state index in [2.05, 4.69) is 25.7 Å². The van der Waals surface area contributed by atoms with Crippen molar-refractivity contribution >= 4 is 33.5 Å². The Kier molecular flexibility index (Phi) is 3.22. The molecule has 1 aromatic heterocycles. The summed E-state index contributed by atoms with van der Waals surface area (Å²) in [7, 11) is 1.14. The molecule has 3 nitrogen and oxygen atoms in total. The third-order valence-corrected chi connectivity index (χ3v) is 2.39. The first kappa shape index (κ1) is 10.4. The van der Waals surface area contributed by atoms with Crippen molar-refractivity contribution in [3.63, 3.8) is 0 Å². The van der Waals surface area contributed by atoms with E-state index in [-0.39, 0.29) is 5.15 Å². The molecule has 0 aliphatic carbocycles. The minimum atomic E-state index is -0.855. The molecule has 0 amide bonds. The maximum atomic E-state index is 13.0. The van der Waals surface area contributed by atoms with Crippen LogP contribution in [0.4, 0.5) is 4.39 Å². The monoisotopic (exact) mass is 267 g/mol. The summed E-state index contributed by atoms with van der Waals surface area (Å²) >= 11 is 8.52. The SMILES string of the molecule is COC(=O)c1nc(Cl)c(Br)cc1F. The van der Waals surface area contributed by atoms with Crippen LogP contribution >= 0.6 is 27.5 Å². The molecule has 0 aliphatic rings. The molecule has 0 bridgehead atoms. The van der Waals surface area contributed by atoms with Crippen molar-refractivity contribution in [3.8, 4) is 0 Å². The smallest absolute Gasteiger partial charge is 0.359 e. The quantitative estimate of drug-likeness (QED) is 0.580. The zero-order valence-electron chi connectivity index (χ0n) is 6.47. The number of nitrogens with zero attached hydrogens (tertiary/aromatic N) is 1. The molecule has 0 aromatic carbocycles. The number of halogens is 3. The highest BCUT2D eigenvalue weighted by Crippen LogP contribution is 2.22. The van der Waals surface area contributed by atoms with Gasteiger partial charge in [-0.15, -0.1) is 0 Å². The molecule has 13 heavy (non-hydrogen) atoms. The molecule has 6 heteroatoms. The van der Waals surface area contributed by atoms with Gasteiger partial charge in [-0.2, -0.15) is 0 Å². The minimum Gasteiger partial charge on any atom is -0.464 e. The van der Waals surface area contributed by atoms with Gasteiger partial charge in [0.1, 0.15) is 5.15 Å². The zero-order chi connectivity index (χ0) is 10.0. The Morgan fingerprint density at radius 3 is 2.92 bits per heavy atom. The molecule has 1 aromatic rings. The minimum absolute atomic E-state index is 0.0156. The largest absolute Gasteiger partial charge is 0.464 e. The van der Waals surface area contributed by atoms with Gasteiger partial charge < -0.3 is 4.74 Å². The highest BCUT2D eigenvalue weighted by molar-refractivity contribution is 9.10. The van der Waals surface area contributed by atoms with Crippen molar-refractivity contribution < 1.29 is 13.9 Å². The standard InChI is InChI=1S/C7H4BrClFNO2/c1-13-7(12)5-4(10)2-3(8)6(9)11-5/h2H,1H3. The number of carbonyl (C=O) groups excluding carboxylic acids is 1. The van der Waals surface area contributed by atoms with E-state index < -0.39 is 17.5 Å². The van der Waals surface area contributed by atoms with Crippen molar-refractivity contribution in [2.24, 2.45) is 0 Å². The maximum Gasteiger partial charge on any atom is 0.359 e. The van der Waals surface area contributed by atoms with Crippen molar-refractivity contribution in [2.75, 3.05) is 7.11 Å². The van der Waals surface area contributed by atoms with Crippen molar-refractivity contribution in [2.45, 2.75) is 0 Å². The van der Waals surface area contributed by atoms with Crippen LogP contribution in [-0.2, 0) is 4.74 Å². The molecule has 0 spiro atoms. The van der Waals surface area contributed by atoms with Gasteiger partial charge in [0.2, 0.25) is 0 Å². The summed E-state index contributed by atoms with van der Waals surface area (Å²) in [5.74, 6) is -1.63. The van der Waals surface area contributed by atoms with Gasteiger partial charge in [-0.05, 0) is 22.0 Å². The fourth-order valence-electron chi connectivity index (χ4n) is 0.684. The number of esters is 1. The summed E-state index contributed by atoms with van der Waals surface area (Å²) in [6.07, 6.45) is 0. The third kappa shape index (κ3) is 2.16.